The van der Waals surface area contributed by atoms with Gasteiger partial charge in [0.25, 0.3) is 0 Å². The van der Waals surface area contributed by atoms with Crippen molar-refractivity contribution in [1.29, 1.82) is 0 Å². The molecule has 0 spiro atoms. The molecule has 0 heterocycles. The van der Waals surface area contributed by atoms with Crippen LogP contribution in [0, 0.1) is 6.92 Å². The van der Waals surface area contributed by atoms with Gasteiger partial charge in [0.05, 0.1) is 11.8 Å². The predicted molar refractivity (Wildman–Crippen MR) is 82.9 cm³/mol. The van der Waals surface area contributed by atoms with Crippen LogP contribution in [0.15, 0.2) is 36.4 Å². The van der Waals surface area contributed by atoms with E-state index in [1.165, 1.54) is 0 Å². The molecule has 0 fully saturated rings. The van der Waals surface area contributed by atoms with Crippen LogP contribution in [-0.2, 0) is 0 Å². The normalized spacial score (nSPS) is 10.7. The summed E-state index contributed by atoms with van der Waals surface area (Å²) < 4.78 is 11.5. The molecule has 0 bridgehead atoms. The molecule has 3 nitrogen and oxygen atoms in total. The number of benzene rings is 2. The number of anilines is 1. The minimum absolute atomic E-state index is 0.0560. The molecule has 0 aliphatic heterocycles. The van der Waals surface area contributed by atoms with Crippen molar-refractivity contribution >= 4 is 17.3 Å². The first-order valence-electron chi connectivity index (χ1n) is 6.46. The maximum atomic E-state index is 5.98. The molecule has 0 atom stereocenters. The minimum atomic E-state index is 0.0560. The average Bonchev–Trinajstić information content (AvgIpc) is 2.37. The minimum Gasteiger partial charge on any atom is -0.489 e. The van der Waals surface area contributed by atoms with Crippen molar-refractivity contribution in [1.82, 2.24) is 0 Å². The third-order valence-electron chi connectivity index (χ3n) is 2.73. The molecule has 0 aliphatic carbocycles. The van der Waals surface area contributed by atoms with E-state index in [2.05, 4.69) is 0 Å². The molecule has 2 N–H and O–H groups in total. The Morgan fingerprint density at radius 3 is 2.50 bits per heavy atom. The summed E-state index contributed by atoms with van der Waals surface area (Å²) in [5, 5.41) is 0.639. The maximum absolute atomic E-state index is 5.98. The third kappa shape index (κ3) is 3.58. The van der Waals surface area contributed by atoms with Gasteiger partial charge in [-0.1, -0.05) is 17.7 Å². The Balaban J connectivity index is 2.27. The predicted octanol–water partition coefficient (Wildman–Crippen LogP) is 4.81. The van der Waals surface area contributed by atoms with Crippen LogP contribution >= 0.6 is 11.6 Å². The van der Waals surface area contributed by atoms with E-state index in [1.54, 1.807) is 18.2 Å². The summed E-state index contributed by atoms with van der Waals surface area (Å²) in [5.41, 5.74) is 7.49. The number of nitrogen functional groups attached to an aromatic ring is 1. The summed E-state index contributed by atoms with van der Waals surface area (Å²) in [7, 11) is 0. The number of hydrogen-bond donors (Lipinski definition) is 1. The fourth-order valence-electron chi connectivity index (χ4n) is 1.75. The highest BCUT2D eigenvalue weighted by atomic mass is 35.5. The van der Waals surface area contributed by atoms with E-state index < -0.39 is 0 Å². The molecule has 0 amide bonds. The number of rotatable bonds is 4. The lowest BCUT2D eigenvalue weighted by Gasteiger charge is -2.14. The van der Waals surface area contributed by atoms with Gasteiger partial charge in [0.15, 0.2) is 0 Å². The van der Waals surface area contributed by atoms with Gasteiger partial charge in [-0.15, -0.1) is 0 Å². The van der Waals surface area contributed by atoms with Crippen molar-refractivity contribution in [3.05, 3.63) is 47.0 Å². The molecule has 0 radical (unpaired) electrons. The summed E-state index contributed by atoms with van der Waals surface area (Å²) in [5.74, 6) is 2.01. The van der Waals surface area contributed by atoms with E-state index in [9.17, 15) is 0 Å². The van der Waals surface area contributed by atoms with E-state index in [0.717, 1.165) is 11.3 Å². The summed E-state index contributed by atoms with van der Waals surface area (Å²) >= 11 is 5.98. The van der Waals surface area contributed by atoms with Gasteiger partial charge in [-0.25, -0.2) is 0 Å². The van der Waals surface area contributed by atoms with Crippen LogP contribution in [0.2, 0.25) is 5.02 Å². The van der Waals surface area contributed by atoms with Crippen molar-refractivity contribution in [3.8, 4) is 17.2 Å². The molecule has 20 heavy (non-hydrogen) atoms. The number of ether oxygens (including phenoxy) is 2. The van der Waals surface area contributed by atoms with Crippen LogP contribution in [0.1, 0.15) is 19.4 Å². The lowest BCUT2D eigenvalue weighted by atomic mass is 10.2. The highest BCUT2D eigenvalue weighted by Gasteiger charge is 2.08. The SMILES string of the molecule is Cc1ccc(Cl)cc1Oc1ccc(N)c(OC(C)C)c1. The van der Waals surface area contributed by atoms with Crippen LogP contribution in [0.25, 0.3) is 0 Å². The van der Waals surface area contributed by atoms with Crippen molar-refractivity contribution in [2.24, 2.45) is 0 Å². The van der Waals surface area contributed by atoms with Crippen molar-refractivity contribution < 1.29 is 9.47 Å². The van der Waals surface area contributed by atoms with Crippen LogP contribution in [-0.4, -0.2) is 6.10 Å². The standard InChI is InChI=1S/C16H18ClNO2/c1-10(2)19-16-9-13(6-7-14(16)18)20-15-8-12(17)5-4-11(15)3/h4-10H,18H2,1-3H3. The highest BCUT2D eigenvalue weighted by molar-refractivity contribution is 6.30. The Bertz CT molecular complexity index is 611. The van der Waals surface area contributed by atoms with Gasteiger partial charge in [0.2, 0.25) is 0 Å². The molecule has 0 saturated heterocycles. The number of aryl methyl sites for hydroxylation is 1. The zero-order valence-electron chi connectivity index (χ0n) is 11.8. The van der Waals surface area contributed by atoms with E-state index in [1.807, 2.05) is 39.0 Å². The summed E-state index contributed by atoms with van der Waals surface area (Å²) in [6.45, 7) is 5.87. The van der Waals surface area contributed by atoms with Gasteiger partial charge in [0.1, 0.15) is 17.2 Å². The molecule has 2 rings (SSSR count). The zero-order chi connectivity index (χ0) is 14.7. The molecule has 0 aliphatic rings. The summed E-state index contributed by atoms with van der Waals surface area (Å²) in [6.07, 6.45) is 0.0560. The van der Waals surface area contributed by atoms with Gasteiger partial charge < -0.3 is 15.2 Å². The van der Waals surface area contributed by atoms with Crippen LogP contribution in [0.5, 0.6) is 17.2 Å². The quantitative estimate of drug-likeness (QED) is 0.822. The number of hydrogen-bond acceptors (Lipinski definition) is 3. The van der Waals surface area contributed by atoms with E-state index >= 15 is 0 Å². The fraction of sp³-hybridized carbons (Fsp3) is 0.250. The molecule has 0 unspecified atom stereocenters. The number of nitrogens with two attached hydrogens (primary N) is 1. The second kappa shape index (κ2) is 6.06. The first kappa shape index (κ1) is 14.5. The van der Waals surface area contributed by atoms with Crippen molar-refractivity contribution in [3.63, 3.8) is 0 Å². The topological polar surface area (TPSA) is 44.5 Å². The second-order valence-electron chi connectivity index (χ2n) is 4.88. The lowest BCUT2D eigenvalue weighted by Crippen LogP contribution is -2.07. The molecule has 2 aromatic rings. The van der Waals surface area contributed by atoms with E-state index in [0.29, 0.717) is 22.2 Å². The van der Waals surface area contributed by atoms with Gasteiger partial charge in [-0.05, 0) is 50.6 Å². The third-order valence-corrected chi connectivity index (χ3v) is 2.96. The van der Waals surface area contributed by atoms with Crippen LogP contribution in [0.3, 0.4) is 0 Å². The van der Waals surface area contributed by atoms with E-state index in [-0.39, 0.29) is 6.10 Å². The Morgan fingerprint density at radius 2 is 1.80 bits per heavy atom. The molecule has 2 aromatic carbocycles. The fourth-order valence-corrected chi connectivity index (χ4v) is 1.91. The lowest BCUT2D eigenvalue weighted by molar-refractivity contribution is 0.243. The molecule has 4 heteroatoms. The molecule has 106 valence electrons. The Kier molecular flexibility index (Phi) is 4.40. The van der Waals surface area contributed by atoms with Crippen molar-refractivity contribution in [2.45, 2.75) is 26.9 Å². The molecular formula is C16H18ClNO2. The van der Waals surface area contributed by atoms with Gasteiger partial charge >= 0.3 is 0 Å². The first-order valence-corrected chi connectivity index (χ1v) is 6.83. The maximum Gasteiger partial charge on any atom is 0.146 e. The smallest absolute Gasteiger partial charge is 0.146 e. The average molecular weight is 292 g/mol. The number of halogens is 1. The van der Waals surface area contributed by atoms with Crippen LogP contribution in [0.4, 0.5) is 5.69 Å². The van der Waals surface area contributed by atoms with Gasteiger partial charge in [-0.3, -0.25) is 0 Å². The van der Waals surface area contributed by atoms with Crippen LogP contribution < -0.4 is 15.2 Å². The monoisotopic (exact) mass is 291 g/mol. The summed E-state index contributed by atoms with van der Waals surface area (Å²) in [4.78, 5) is 0. The summed E-state index contributed by atoms with van der Waals surface area (Å²) in [6, 6.07) is 10.9. The Labute approximate surface area is 124 Å². The van der Waals surface area contributed by atoms with E-state index in [4.69, 9.17) is 26.8 Å². The highest BCUT2D eigenvalue weighted by Crippen LogP contribution is 2.32. The Morgan fingerprint density at radius 1 is 1.05 bits per heavy atom. The molecule has 0 saturated carbocycles. The largest absolute Gasteiger partial charge is 0.489 e. The Hall–Kier alpha value is -1.87. The van der Waals surface area contributed by atoms with Gasteiger partial charge in [0, 0.05) is 11.1 Å². The van der Waals surface area contributed by atoms with Gasteiger partial charge in [-0.2, -0.15) is 0 Å². The zero-order valence-corrected chi connectivity index (χ0v) is 12.6. The first-order chi connectivity index (χ1) is 9.45. The molecular weight excluding hydrogens is 274 g/mol. The second-order valence-corrected chi connectivity index (χ2v) is 5.31. The van der Waals surface area contributed by atoms with Crippen molar-refractivity contribution in [2.75, 3.05) is 5.73 Å². The molecule has 0 aromatic heterocycles.